The van der Waals surface area contributed by atoms with Crippen LogP contribution in [0.5, 0.6) is 5.75 Å². The summed E-state index contributed by atoms with van der Waals surface area (Å²) in [5.74, 6) is 0.692. The summed E-state index contributed by atoms with van der Waals surface area (Å²) in [7, 11) is -0.0281. The first-order chi connectivity index (χ1) is 9.06. The molecule has 1 aromatic carbocycles. The summed E-state index contributed by atoms with van der Waals surface area (Å²) < 4.78 is 32.4. The normalized spacial score (nSPS) is 16.1. The van der Waals surface area contributed by atoms with Crippen molar-refractivity contribution in [2.24, 2.45) is 0 Å². The highest BCUT2D eigenvalue weighted by Crippen LogP contribution is 2.25. The third-order valence-corrected chi connectivity index (χ3v) is 4.87. The van der Waals surface area contributed by atoms with Gasteiger partial charge in [-0.25, -0.2) is 13.1 Å². The Kier molecular flexibility index (Phi) is 4.44. The summed E-state index contributed by atoms with van der Waals surface area (Å²) >= 11 is 0. The van der Waals surface area contributed by atoms with E-state index < -0.39 is 10.0 Å². The van der Waals surface area contributed by atoms with Crippen molar-refractivity contribution in [3.05, 3.63) is 23.8 Å². The minimum atomic E-state index is -3.42. The smallest absolute Gasteiger partial charge is 0.240 e. The Morgan fingerprint density at radius 3 is 2.63 bits per heavy atom. The van der Waals surface area contributed by atoms with Crippen LogP contribution in [0.1, 0.15) is 24.8 Å². The van der Waals surface area contributed by atoms with E-state index in [9.17, 15) is 8.42 Å². The zero-order valence-electron chi connectivity index (χ0n) is 11.3. The van der Waals surface area contributed by atoms with Crippen LogP contribution in [0.25, 0.3) is 0 Å². The highest BCUT2D eigenvalue weighted by Gasteiger charge is 2.25. The lowest BCUT2D eigenvalue weighted by molar-refractivity contribution is 0.383. The van der Waals surface area contributed by atoms with Crippen LogP contribution in [0.4, 0.5) is 0 Å². The number of ether oxygens (including phenoxy) is 1. The van der Waals surface area contributed by atoms with Gasteiger partial charge in [-0.15, -0.1) is 0 Å². The van der Waals surface area contributed by atoms with E-state index in [0.29, 0.717) is 17.2 Å². The van der Waals surface area contributed by atoms with E-state index in [1.54, 1.807) is 25.3 Å². The van der Waals surface area contributed by atoms with Crippen LogP contribution in [0, 0.1) is 0 Å². The Morgan fingerprint density at radius 2 is 2.11 bits per heavy atom. The van der Waals surface area contributed by atoms with E-state index in [4.69, 9.17) is 4.74 Å². The standard InChI is InChI=1S/C13H20N2O3S/c1-14-9-10-8-12(6-7-13(10)18-2)19(16,17)15-11-4-3-5-11/h6-8,11,14-15H,3-5,9H2,1-2H3. The fraction of sp³-hybridized carbons (Fsp3) is 0.538. The van der Waals surface area contributed by atoms with Crippen molar-refractivity contribution in [1.82, 2.24) is 10.0 Å². The Balaban J connectivity index is 2.25. The summed E-state index contributed by atoms with van der Waals surface area (Å²) in [6.07, 6.45) is 2.96. The molecule has 0 radical (unpaired) electrons. The Hall–Kier alpha value is -1.11. The van der Waals surface area contributed by atoms with Crippen LogP contribution < -0.4 is 14.8 Å². The van der Waals surface area contributed by atoms with Gasteiger partial charge in [0.2, 0.25) is 10.0 Å². The molecule has 6 heteroatoms. The van der Waals surface area contributed by atoms with Crippen LogP contribution in [0.15, 0.2) is 23.1 Å². The maximum atomic E-state index is 12.2. The molecule has 0 unspecified atom stereocenters. The molecule has 5 nitrogen and oxygen atoms in total. The quantitative estimate of drug-likeness (QED) is 0.825. The summed E-state index contributed by atoms with van der Waals surface area (Å²) in [4.78, 5) is 0.297. The van der Waals surface area contributed by atoms with Crippen molar-refractivity contribution in [2.45, 2.75) is 36.7 Å². The molecule has 2 rings (SSSR count). The molecule has 0 aliphatic heterocycles. The molecule has 0 amide bonds. The first-order valence-electron chi connectivity index (χ1n) is 6.40. The van der Waals surface area contributed by atoms with Crippen molar-refractivity contribution in [1.29, 1.82) is 0 Å². The third kappa shape index (κ3) is 3.26. The Labute approximate surface area is 114 Å². The molecule has 0 spiro atoms. The summed E-state index contributed by atoms with van der Waals surface area (Å²) in [6.45, 7) is 0.565. The number of benzene rings is 1. The van der Waals surface area contributed by atoms with Gasteiger partial charge in [-0.3, -0.25) is 0 Å². The zero-order valence-corrected chi connectivity index (χ0v) is 12.1. The van der Waals surface area contributed by atoms with Crippen molar-refractivity contribution in [3.8, 4) is 5.75 Å². The van der Waals surface area contributed by atoms with E-state index >= 15 is 0 Å². The molecule has 1 aromatic rings. The number of sulfonamides is 1. The van der Waals surface area contributed by atoms with Crippen molar-refractivity contribution in [2.75, 3.05) is 14.2 Å². The number of nitrogens with one attached hydrogen (secondary N) is 2. The lowest BCUT2D eigenvalue weighted by Crippen LogP contribution is -2.39. The topological polar surface area (TPSA) is 67.4 Å². The molecule has 106 valence electrons. The van der Waals surface area contributed by atoms with Crippen LogP contribution in [-0.4, -0.2) is 28.6 Å². The second kappa shape index (κ2) is 5.90. The maximum Gasteiger partial charge on any atom is 0.240 e. The monoisotopic (exact) mass is 284 g/mol. The molecule has 0 aromatic heterocycles. The average Bonchev–Trinajstić information content (AvgIpc) is 2.34. The molecular formula is C13H20N2O3S. The van der Waals surface area contributed by atoms with Gasteiger partial charge >= 0.3 is 0 Å². The first-order valence-corrected chi connectivity index (χ1v) is 7.89. The van der Waals surface area contributed by atoms with E-state index in [1.165, 1.54) is 0 Å². The Bertz CT molecular complexity index is 539. The summed E-state index contributed by atoms with van der Waals surface area (Å²) in [5.41, 5.74) is 0.835. The highest BCUT2D eigenvalue weighted by atomic mass is 32.2. The van der Waals surface area contributed by atoms with Crippen molar-refractivity contribution in [3.63, 3.8) is 0 Å². The molecule has 1 aliphatic rings. The minimum absolute atomic E-state index is 0.0971. The molecule has 0 saturated heterocycles. The fourth-order valence-corrected chi connectivity index (χ4v) is 3.42. The number of hydrogen-bond acceptors (Lipinski definition) is 4. The zero-order chi connectivity index (χ0) is 13.9. The summed E-state index contributed by atoms with van der Waals surface area (Å²) in [6, 6.07) is 5.04. The molecule has 0 heterocycles. The number of rotatable bonds is 6. The van der Waals surface area contributed by atoms with Crippen LogP contribution in [-0.2, 0) is 16.6 Å². The van der Waals surface area contributed by atoms with E-state index in [0.717, 1.165) is 24.8 Å². The van der Waals surface area contributed by atoms with Crippen LogP contribution >= 0.6 is 0 Å². The minimum Gasteiger partial charge on any atom is -0.496 e. The van der Waals surface area contributed by atoms with Gasteiger partial charge in [0.15, 0.2) is 0 Å². The largest absolute Gasteiger partial charge is 0.496 e. The van der Waals surface area contributed by atoms with Crippen LogP contribution in [0.3, 0.4) is 0 Å². The van der Waals surface area contributed by atoms with E-state index in [2.05, 4.69) is 10.0 Å². The molecule has 0 bridgehead atoms. The lowest BCUT2D eigenvalue weighted by Gasteiger charge is -2.26. The van der Waals surface area contributed by atoms with Gasteiger partial charge in [-0.1, -0.05) is 6.42 Å². The summed E-state index contributed by atoms with van der Waals surface area (Å²) in [5, 5.41) is 3.01. The second-order valence-electron chi connectivity index (χ2n) is 4.75. The maximum absolute atomic E-state index is 12.2. The van der Waals surface area contributed by atoms with Crippen molar-refractivity contribution < 1.29 is 13.2 Å². The van der Waals surface area contributed by atoms with Gasteiger partial charge in [0.1, 0.15) is 5.75 Å². The molecule has 1 saturated carbocycles. The molecule has 19 heavy (non-hydrogen) atoms. The van der Waals surface area contributed by atoms with Gasteiger partial charge < -0.3 is 10.1 Å². The fourth-order valence-electron chi connectivity index (χ4n) is 2.06. The highest BCUT2D eigenvalue weighted by molar-refractivity contribution is 7.89. The third-order valence-electron chi connectivity index (χ3n) is 3.36. The molecular weight excluding hydrogens is 264 g/mol. The SMILES string of the molecule is CNCc1cc(S(=O)(=O)NC2CCC2)ccc1OC. The van der Waals surface area contributed by atoms with Crippen molar-refractivity contribution >= 4 is 10.0 Å². The van der Waals surface area contributed by atoms with Gasteiger partial charge in [-0.05, 0) is 38.1 Å². The van der Waals surface area contributed by atoms with Gasteiger partial charge in [0.25, 0.3) is 0 Å². The number of hydrogen-bond donors (Lipinski definition) is 2. The Morgan fingerprint density at radius 1 is 1.37 bits per heavy atom. The second-order valence-corrected chi connectivity index (χ2v) is 6.47. The average molecular weight is 284 g/mol. The molecule has 1 fully saturated rings. The molecule has 0 atom stereocenters. The molecule has 2 N–H and O–H groups in total. The molecule has 1 aliphatic carbocycles. The number of methoxy groups -OCH3 is 1. The van der Waals surface area contributed by atoms with Gasteiger partial charge in [-0.2, -0.15) is 0 Å². The van der Waals surface area contributed by atoms with E-state index in [1.807, 2.05) is 7.05 Å². The first kappa shape index (κ1) is 14.3. The van der Waals surface area contributed by atoms with E-state index in [-0.39, 0.29) is 6.04 Å². The predicted octanol–water partition coefficient (Wildman–Crippen LogP) is 1.25. The van der Waals surface area contributed by atoms with Crippen LogP contribution in [0.2, 0.25) is 0 Å². The van der Waals surface area contributed by atoms with Gasteiger partial charge in [0, 0.05) is 18.2 Å². The lowest BCUT2D eigenvalue weighted by atomic mass is 9.94. The van der Waals surface area contributed by atoms with Gasteiger partial charge in [0.05, 0.1) is 12.0 Å². The predicted molar refractivity (Wildman–Crippen MR) is 73.7 cm³/mol.